The average Bonchev–Trinajstić information content (AvgIpc) is 3.28. The van der Waals surface area contributed by atoms with E-state index in [1.54, 1.807) is 24.0 Å². The van der Waals surface area contributed by atoms with E-state index in [0.29, 0.717) is 42.4 Å². The van der Waals surface area contributed by atoms with Crippen LogP contribution < -0.4 is 0 Å². The number of carbonyl (C=O) groups is 1. The number of hydrogen-bond acceptors (Lipinski definition) is 7. The summed E-state index contributed by atoms with van der Waals surface area (Å²) in [5, 5.41) is 15.2. The van der Waals surface area contributed by atoms with Gasteiger partial charge in [-0.2, -0.15) is 4.98 Å². The molecule has 9 nitrogen and oxygen atoms in total. The predicted octanol–water partition coefficient (Wildman–Crippen LogP) is 3.65. The SMILES string of the molecule is Cc1ccc(-c2noc(CCCN3CCN(C(=O)c4cccc([N+](=O)[O-])c4C)CC3)n2)cc1. The van der Waals surface area contributed by atoms with Crippen LogP contribution >= 0.6 is 0 Å². The lowest BCUT2D eigenvalue weighted by Gasteiger charge is -2.34. The highest BCUT2D eigenvalue weighted by atomic mass is 16.6. The van der Waals surface area contributed by atoms with Crippen molar-refractivity contribution in [2.45, 2.75) is 26.7 Å². The number of benzene rings is 2. The molecule has 4 rings (SSSR count). The van der Waals surface area contributed by atoms with Gasteiger partial charge in [-0.15, -0.1) is 0 Å². The van der Waals surface area contributed by atoms with Crippen molar-refractivity contribution in [2.24, 2.45) is 0 Å². The molecular formula is C24H27N5O4. The molecule has 1 fully saturated rings. The third-order valence-electron chi connectivity index (χ3n) is 6.03. The van der Waals surface area contributed by atoms with E-state index in [1.165, 1.54) is 11.6 Å². The van der Waals surface area contributed by atoms with Crippen LogP contribution in [-0.4, -0.2) is 63.5 Å². The number of amides is 1. The second-order valence-electron chi connectivity index (χ2n) is 8.32. The minimum atomic E-state index is -0.447. The number of nitrogens with zero attached hydrogens (tertiary/aromatic N) is 5. The summed E-state index contributed by atoms with van der Waals surface area (Å²) in [4.78, 5) is 32.2. The highest BCUT2D eigenvalue weighted by Crippen LogP contribution is 2.23. The lowest BCUT2D eigenvalue weighted by atomic mass is 10.1. The Hall–Kier alpha value is -3.59. The van der Waals surface area contributed by atoms with E-state index in [-0.39, 0.29) is 11.6 Å². The fourth-order valence-electron chi connectivity index (χ4n) is 4.03. The highest BCUT2D eigenvalue weighted by molar-refractivity contribution is 5.96. The fraction of sp³-hybridized carbons (Fsp3) is 0.375. The molecule has 1 saturated heterocycles. The minimum absolute atomic E-state index is 0.0222. The summed E-state index contributed by atoms with van der Waals surface area (Å²) in [6.45, 7) is 7.26. The van der Waals surface area contributed by atoms with Crippen molar-refractivity contribution in [3.8, 4) is 11.4 Å². The van der Waals surface area contributed by atoms with Crippen LogP contribution in [0.15, 0.2) is 47.0 Å². The summed E-state index contributed by atoms with van der Waals surface area (Å²) in [6, 6.07) is 12.7. The Balaban J connectivity index is 1.25. The van der Waals surface area contributed by atoms with Crippen LogP contribution in [0.4, 0.5) is 5.69 Å². The third-order valence-corrected chi connectivity index (χ3v) is 6.03. The van der Waals surface area contributed by atoms with Gasteiger partial charge in [0.2, 0.25) is 11.7 Å². The van der Waals surface area contributed by atoms with E-state index >= 15 is 0 Å². The van der Waals surface area contributed by atoms with E-state index in [0.717, 1.165) is 31.6 Å². The van der Waals surface area contributed by atoms with Crippen LogP contribution in [0.3, 0.4) is 0 Å². The first-order valence-electron chi connectivity index (χ1n) is 11.1. The molecule has 1 aromatic heterocycles. The third kappa shape index (κ3) is 5.25. The molecule has 3 aromatic rings. The fourth-order valence-corrected chi connectivity index (χ4v) is 4.03. The van der Waals surface area contributed by atoms with Gasteiger partial charge in [0.15, 0.2) is 0 Å². The molecule has 0 aliphatic carbocycles. The first-order valence-corrected chi connectivity index (χ1v) is 11.1. The lowest BCUT2D eigenvalue weighted by molar-refractivity contribution is -0.385. The zero-order valence-electron chi connectivity index (χ0n) is 18.9. The zero-order chi connectivity index (χ0) is 23.4. The molecule has 1 aliphatic rings. The monoisotopic (exact) mass is 449 g/mol. The largest absolute Gasteiger partial charge is 0.339 e. The number of aryl methyl sites for hydroxylation is 2. The number of hydrogen-bond donors (Lipinski definition) is 0. The predicted molar refractivity (Wildman–Crippen MR) is 123 cm³/mol. The maximum absolute atomic E-state index is 12.9. The molecule has 0 spiro atoms. The maximum Gasteiger partial charge on any atom is 0.273 e. The molecule has 2 aromatic carbocycles. The van der Waals surface area contributed by atoms with Gasteiger partial charge in [0.1, 0.15) is 0 Å². The van der Waals surface area contributed by atoms with Gasteiger partial charge < -0.3 is 9.42 Å². The molecule has 0 radical (unpaired) electrons. The van der Waals surface area contributed by atoms with Crippen molar-refractivity contribution in [3.63, 3.8) is 0 Å². The van der Waals surface area contributed by atoms with Gasteiger partial charge in [-0.1, -0.05) is 41.1 Å². The van der Waals surface area contributed by atoms with Crippen molar-refractivity contribution in [1.82, 2.24) is 19.9 Å². The smallest absolute Gasteiger partial charge is 0.273 e. The Morgan fingerprint density at radius 1 is 1.09 bits per heavy atom. The van der Waals surface area contributed by atoms with Crippen molar-refractivity contribution < 1.29 is 14.2 Å². The first-order chi connectivity index (χ1) is 15.9. The Morgan fingerprint density at radius 2 is 1.82 bits per heavy atom. The molecule has 0 atom stereocenters. The van der Waals surface area contributed by atoms with Crippen LogP contribution in [0.1, 0.15) is 33.8 Å². The van der Waals surface area contributed by atoms with Crippen LogP contribution in [0.25, 0.3) is 11.4 Å². The molecular weight excluding hydrogens is 422 g/mol. The van der Waals surface area contributed by atoms with Crippen molar-refractivity contribution in [2.75, 3.05) is 32.7 Å². The molecule has 9 heteroatoms. The van der Waals surface area contributed by atoms with E-state index in [2.05, 4.69) is 15.0 Å². The van der Waals surface area contributed by atoms with Crippen molar-refractivity contribution >= 4 is 11.6 Å². The lowest BCUT2D eigenvalue weighted by Crippen LogP contribution is -2.49. The van der Waals surface area contributed by atoms with Crippen LogP contribution in [0.5, 0.6) is 0 Å². The van der Waals surface area contributed by atoms with Gasteiger partial charge in [0.05, 0.1) is 4.92 Å². The maximum atomic E-state index is 12.9. The van der Waals surface area contributed by atoms with E-state index in [9.17, 15) is 14.9 Å². The topological polar surface area (TPSA) is 106 Å². The summed E-state index contributed by atoms with van der Waals surface area (Å²) in [5.41, 5.74) is 2.92. The Bertz CT molecular complexity index is 1130. The molecule has 1 aliphatic heterocycles. The highest BCUT2D eigenvalue weighted by Gasteiger charge is 2.25. The normalized spacial score (nSPS) is 14.4. The van der Waals surface area contributed by atoms with E-state index in [4.69, 9.17) is 4.52 Å². The van der Waals surface area contributed by atoms with Crippen LogP contribution in [-0.2, 0) is 6.42 Å². The van der Waals surface area contributed by atoms with Crippen molar-refractivity contribution in [1.29, 1.82) is 0 Å². The summed E-state index contributed by atoms with van der Waals surface area (Å²) < 4.78 is 5.39. The summed E-state index contributed by atoms with van der Waals surface area (Å²) >= 11 is 0. The van der Waals surface area contributed by atoms with Crippen LogP contribution in [0, 0.1) is 24.0 Å². The quantitative estimate of drug-likeness (QED) is 0.400. The molecule has 172 valence electrons. The Labute approximate surface area is 192 Å². The first kappa shape index (κ1) is 22.6. The number of carbonyl (C=O) groups excluding carboxylic acids is 1. The summed E-state index contributed by atoms with van der Waals surface area (Å²) in [5.74, 6) is 1.08. The van der Waals surface area contributed by atoms with Gasteiger partial charge in [-0.25, -0.2) is 0 Å². The molecule has 0 saturated carbocycles. The van der Waals surface area contributed by atoms with Gasteiger partial charge in [0, 0.05) is 55.4 Å². The van der Waals surface area contributed by atoms with Gasteiger partial charge in [0.25, 0.3) is 11.6 Å². The summed E-state index contributed by atoms with van der Waals surface area (Å²) in [7, 11) is 0. The van der Waals surface area contributed by atoms with Gasteiger partial charge in [-0.05, 0) is 32.9 Å². The number of nitro benzene ring substituents is 1. The van der Waals surface area contributed by atoms with Crippen molar-refractivity contribution in [3.05, 3.63) is 75.2 Å². The molecule has 0 bridgehead atoms. The molecule has 0 unspecified atom stereocenters. The average molecular weight is 450 g/mol. The molecule has 2 heterocycles. The molecule has 1 amide bonds. The van der Waals surface area contributed by atoms with Gasteiger partial charge >= 0.3 is 0 Å². The second-order valence-corrected chi connectivity index (χ2v) is 8.32. The minimum Gasteiger partial charge on any atom is -0.339 e. The Kier molecular flexibility index (Phi) is 6.79. The molecule has 33 heavy (non-hydrogen) atoms. The van der Waals surface area contributed by atoms with Gasteiger partial charge in [-0.3, -0.25) is 19.8 Å². The number of aromatic nitrogens is 2. The Morgan fingerprint density at radius 3 is 2.52 bits per heavy atom. The van der Waals surface area contributed by atoms with Crippen LogP contribution in [0.2, 0.25) is 0 Å². The summed E-state index contributed by atoms with van der Waals surface area (Å²) in [6.07, 6.45) is 1.58. The second kappa shape index (κ2) is 9.91. The zero-order valence-corrected chi connectivity index (χ0v) is 18.9. The number of piperazine rings is 1. The standard InChI is InChI=1S/C24H27N5O4/c1-17-8-10-19(11-9-17)23-25-22(33-26-23)7-4-12-27-13-15-28(16-14-27)24(30)20-5-3-6-21(18(20)2)29(31)32/h3,5-6,8-11H,4,7,12-16H2,1-2H3. The number of nitro groups is 1. The van der Waals surface area contributed by atoms with E-state index < -0.39 is 4.92 Å². The number of rotatable bonds is 7. The molecule has 0 N–H and O–H groups in total. The van der Waals surface area contributed by atoms with E-state index in [1.807, 2.05) is 31.2 Å².